The van der Waals surface area contributed by atoms with Gasteiger partial charge in [-0.2, -0.15) is 16.8 Å². The number of hydrogen-bond acceptors (Lipinski definition) is 7. The van der Waals surface area contributed by atoms with Gasteiger partial charge in [-0.1, -0.05) is 0 Å². The van der Waals surface area contributed by atoms with E-state index in [1.54, 1.807) is 0 Å². The first-order chi connectivity index (χ1) is 10.9. The fraction of sp³-hybridized carbons (Fsp3) is 0.0769. The normalized spacial score (nSPS) is 11.3. The molecule has 0 saturated carbocycles. The summed E-state index contributed by atoms with van der Waals surface area (Å²) in [4.78, 5) is -0.391. The average molecular weight is 376 g/mol. The lowest BCUT2D eigenvalue weighted by Crippen LogP contribution is -2.00. The fourth-order valence-corrected chi connectivity index (χ4v) is 2.51. The lowest BCUT2D eigenvalue weighted by Gasteiger charge is -2.04. The average Bonchev–Trinajstić information content (AvgIpc) is 2.46. The molecule has 0 heterocycles. The van der Waals surface area contributed by atoms with Crippen LogP contribution in [0.3, 0.4) is 0 Å². The zero-order chi connectivity index (χ0) is 18.5. The number of hydrogen-bond donors (Lipinski definition) is 4. The minimum atomic E-state index is -4.19. The quantitative estimate of drug-likeness (QED) is 0.451. The van der Waals surface area contributed by atoms with E-state index in [-0.39, 0.29) is 15.5 Å². The molecule has 0 spiro atoms. The van der Waals surface area contributed by atoms with Crippen molar-refractivity contribution in [2.75, 3.05) is 18.6 Å². The zero-order valence-corrected chi connectivity index (χ0v) is 14.1. The molecule has 0 radical (unpaired) electrons. The number of rotatable bonds is 3. The molecule has 0 bridgehead atoms. The van der Waals surface area contributed by atoms with Gasteiger partial charge in [0.15, 0.2) is 0 Å². The third-order valence-electron chi connectivity index (χ3n) is 2.68. The Hall–Kier alpha value is -2.34. The number of anilines is 2. The number of benzene rings is 2. The van der Waals surface area contributed by atoms with Gasteiger partial charge in [0.2, 0.25) is 0 Å². The SMILES string of the molecule is COc1ccc(S(=O)(=O)O)cc1N.Nc1ccc(S(=O)(=O)O)cc1. The van der Waals surface area contributed by atoms with Crippen LogP contribution in [0.15, 0.2) is 52.3 Å². The van der Waals surface area contributed by atoms with Crippen LogP contribution in [0, 0.1) is 0 Å². The molecule has 0 aromatic heterocycles. The van der Waals surface area contributed by atoms with E-state index in [0.717, 1.165) is 6.07 Å². The van der Waals surface area contributed by atoms with Crippen molar-refractivity contribution in [1.82, 2.24) is 0 Å². The molecule has 0 aliphatic carbocycles. The number of ether oxygens (including phenoxy) is 1. The Morgan fingerprint density at radius 3 is 1.67 bits per heavy atom. The molecule has 2 aromatic rings. The van der Waals surface area contributed by atoms with E-state index in [4.69, 9.17) is 25.3 Å². The Labute approximate surface area is 139 Å². The highest BCUT2D eigenvalue weighted by Gasteiger charge is 2.11. The fourth-order valence-electron chi connectivity index (χ4n) is 1.51. The van der Waals surface area contributed by atoms with Gasteiger partial charge < -0.3 is 16.2 Å². The third kappa shape index (κ3) is 5.70. The topological polar surface area (TPSA) is 170 Å². The van der Waals surface area contributed by atoms with Crippen LogP contribution in [0.25, 0.3) is 0 Å². The minimum absolute atomic E-state index is 0.147. The molecule has 0 aliphatic heterocycles. The highest BCUT2D eigenvalue weighted by Crippen LogP contribution is 2.23. The number of methoxy groups -OCH3 is 1. The van der Waals surface area contributed by atoms with Gasteiger partial charge in [0.1, 0.15) is 5.75 Å². The van der Waals surface area contributed by atoms with Gasteiger partial charge in [0, 0.05) is 5.69 Å². The van der Waals surface area contributed by atoms with Crippen molar-refractivity contribution in [3.05, 3.63) is 42.5 Å². The molecule has 24 heavy (non-hydrogen) atoms. The Kier molecular flexibility index (Phi) is 6.15. The van der Waals surface area contributed by atoms with Gasteiger partial charge in [-0.15, -0.1) is 0 Å². The van der Waals surface area contributed by atoms with Crippen LogP contribution in [0.2, 0.25) is 0 Å². The highest BCUT2D eigenvalue weighted by atomic mass is 32.2. The second-order valence-electron chi connectivity index (χ2n) is 4.42. The molecule has 2 aromatic carbocycles. The molecule has 0 atom stereocenters. The largest absolute Gasteiger partial charge is 0.495 e. The van der Waals surface area contributed by atoms with Gasteiger partial charge in [-0.05, 0) is 42.5 Å². The molecule has 132 valence electrons. The molecule has 0 fully saturated rings. The first kappa shape index (κ1) is 19.7. The van der Waals surface area contributed by atoms with Crippen LogP contribution in [-0.2, 0) is 20.2 Å². The van der Waals surface area contributed by atoms with E-state index in [1.165, 1.54) is 43.5 Å². The van der Waals surface area contributed by atoms with Gasteiger partial charge in [0.25, 0.3) is 20.2 Å². The molecule has 6 N–H and O–H groups in total. The molecule has 11 heteroatoms. The van der Waals surface area contributed by atoms with Gasteiger partial charge in [-0.25, -0.2) is 0 Å². The first-order valence-electron chi connectivity index (χ1n) is 6.19. The molecule has 2 rings (SSSR count). The van der Waals surface area contributed by atoms with Crippen LogP contribution in [0.5, 0.6) is 5.75 Å². The van der Waals surface area contributed by atoms with Crippen LogP contribution in [0.4, 0.5) is 11.4 Å². The summed E-state index contributed by atoms with van der Waals surface area (Å²) in [5.74, 6) is 0.368. The van der Waals surface area contributed by atoms with Crippen LogP contribution in [0.1, 0.15) is 0 Å². The van der Waals surface area contributed by atoms with Crippen molar-refractivity contribution in [2.24, 2.45) is 0 Å². The lowest BCUT2D eigenvalue weighted by atomic mass is 10.3. The molecule has 0 aliphatic rings. The van der Waals surface area contributed by atoms with E-state index in [2.05, 4.69) is 0 Å². The second-order valence-corrected chi connectivity index (χ2v) is 7.27. The standard InChI is InChI=1S/C7H9NO4S.C6H7NO3S/c1-12-7-3-2-5(4-6(7)8)13(9,10)11;7-5-1-3-6(4-2-5)11(8,9)10/h2-4H,8H2,1H3,(H,9,10,11);1-4H,7H2,(H,8,9,10). The highest BCUT2D eigenvalue weighted by molar-refractivity contribution is 7.86. The maximum atomic E-state index is 10.6. The van der Waals surface area contributed by atoms with Crippen molar-refractivity contribution in [1.29, 1.82) is 0 Å². The first-order valence-corrected chi connectivity index (χ1v) is 9.07. The second kappa shape index (κ2) is 7.49. The van der Waals surface area contributed by atoms with Crippen molar-refractivity contribution in [2.45, 2.75) is 9.79 Å². The Morgan fingerprint density at radius 1 is 0.833 bits per heavy atom. The number of nitrogen functional groups attached to an aromatic ring is 2. The summed E-state index contributed by atoms with van der Waals surface area (Å²) in [6, 6.07) is 9.01. The van der Waals surface area contributed by atoms with Crippen molar-refractivity contribution in [3.8, 4) is 5.75 Å². The van der Waals surface area contributed by atoms with Crippen molar-refractivity contribution >= 4 is 31.6 Å². The van der Waals surface area contributed by atoms with E-state index in [1.807, 2.05) is 0 Å². The summed E-state index contributed by atoms with van der Waals surface area (Å²) in [6.07, 6.45) is 0. The Morgan fingerprint density at radius 2 is 1.29 bits per heavy atom. The van der Waals surface area contributed by atoms with E-state index in [0.29, 0.717) is 11.4 Å². The lowest BCUT2D eigenvalue weighted by molar-refractivity contribution is 0.416. The molecular formula is C13H16N2O7S2. The van der Waals surface area contributed by atoms with E-state index < -0.39 is 20.2 Å². The molecule has 9 nitrogen and oxygen atoms in total. The summed E-state index contributed by atoms with van der Waals surface area (Å²) in [7, 11) is -6.85. The Balaban J connectivity index is 0.000000243. The summed E-state index contributed by atoms with van der Waals surface area (Å²) < 4.78 is 64.2. The molecule has 0 saturated heterocycles. The predicted molar refractivity (Wildman–Crippen MR) is 87.9 cm³/mol. The third-order valence-corrected chi connectivity index (χ3v) is 4.39. The Bertz CT molecular complexity index is 908. The van der Waals surface area contributed by atoms with Crippen LogP contribution >= 0.6 is 0 Å². The van der Waals surface area contributed by atoms with E-state index >= 15 is 0 Å². The molecule has 0 unspecified atom stereocenters. The molecule has 0 amide bonds. The van der Waals surface area contributed by atoms with Crippen LogP contribution in [-0.4, -0.2) is 33.1 Å². The zero-order valence-electron chi connectivity index (χ0n) is 12.4. The van der Waals surface area contributed by atoms with Crippen molar-refractivity contribution < 1.29 is 30.7 Å². The monoisotopic (exact) mass is 376 g/mol. The van der Waals surface area contributed by atoms with Crippen LogP contribution < -0.4 is 16.2 Å². The number of nitrogens with two attached hydrogens (primary N) is 2. The molecular weight excluding hydrogens is 360 g/mol. The maximum Gasteiger partial charge on any atom is 0.294 e. The van der Waals surface area contributed by atoms with Gasteiger partial charge in [0.05, 0.1) is 22.6 Å². The smallest absolute Gasteiger partial charge is 0.294 e. The maximum absolute atomic E-state index is 10.6. The summed E-state index contributed by atoms with van der Waals surface area (Å²) in [5, 5.41) is 0. The summed E-state index contributed by atoms with van der Waals surface area (Å²) in [5.41, 5.74) is 11.3. The van der Waals surface area contributed by atoms with E-state index in [9.17, 15) is 16.8 Å². The minimum Gasteiger partial charge on any atom is -0.495 e. The van der Waals surface area contributed by atoms with Gasteiger partial charge in [-0.3, -0.25) is 9.11 Å². The summed E-state index contributed by atoms with van der Waals surface area (Å²) in [6.45, 7) is 0. The van der Waals surface area contributed by atoms with Gasteiger partial charge >= 0.3 is 0 Å². The predicted octanol–water partition coefficient (Wildman–Crippen LogP) is 1.04. The summed E-state index contributed by atoms with van der Waals surface area (Å²) >= 11 is 0. The van der Waals surface area contributed by atoms with Crippen molar-refractivity contribution in [3.63, 3.8) is 0 Å².